The van der Waals surface area contributed by atoms with Crippen LogP contribution in [0.4, 0.5) is 0 Å². The van der Waals surface area contributed by atoms with E-state index in [9.17, 15) is 14.7 Å². The molecule has 27 heavy (non-hydrogen) atoms. The minimum absolute atomic E-state index is 0.0124. The van der Waals surface area contributed by atoms with Crippen LogP contribution in [0.15, 0.2) is 18.2 Å². The van der Waals surface area contributed by atoms with Gasteiger partial charge >= 0.3 is 5.97 Å². The second-order valence-corrected chi connectivity index (χ2v) is 6.93. The number of nitrogens with zero attached hydrogens (tertiary/aromatic N) is 2. The van der Waals surface area contributed by atoms with Crippen molar-refractivity contribution in [3.05, 3.63) is 28.8 Å². The molecule has 2 aromatic rings. The van der Waals surface area contributed by atoms with Crippen LogP contribution in [0.3, 0.4) is 0 Å². The smallest absolute Gasteiger partial charge is 0.328 e. The van der Waals surface area contributed by atoms with Gasteiger partial charge in [-0.25, -0.2) is 9.78 Å². The van der Waals surface area contributed by atoms with Crippen molar-refractivity contribution >= 4 is 23.2 Å². The first-order valence-corrected chi connectivity index (χ1v) is 9.09. The molecule has 1 N–H and O–H groups in total. The maximum Gasteiger partial charge on any atom is 0.328 e. The van der Waals surface area contributed by atoms with Crippen LogP contribution in [0, 0.1) is 6.92 Å². The Hall–Kier alpha value is -2.65. The number of morpholine rings is 1. The summed E-state index contributed by atoms with van der Waals surface area (Å²) in [5.41, 5.74) is 1.35. The Morgan fingerprint density at radius 2 is 2.04 bits per heavy atom. The van der Waals surface area contributed by atoms with Gasteiger partial charge in [-0.3, -0.25) is 4.79 Å². The Bertz CT molecular complexity index is 866. The van der Waals surface area contributed by atoms with Crippen LogP contribution >= 0.6 is 11.3 Å². The normalized spacial score (nSPS) is 16.9. The van der Waals surface area contributed by atoms with Crippen molar-refractivity contribution in [3.63, 3.8) is 0 Å². The third kappa shape index (κ3) is 3.74. The molecule has 0 spiro atoms. The van der Waals surface area contributed by atoms with Gasteiger partial charge in [0.2, 0.25) is 0 Å². The molecule has 144 valence electrons. The molecule has 3 rings (SSSR count). The van der Waals surface area contributed by atoms with Crippen LogP contribution in [-0.2, 0) is 9.53 Å². The number of aliphatic carboxylic acids is 1. The minimum atomic E-state index is -1.08. The van der Waals surface area contributed by atoms with E-state index in [-0.39, 0.29) is 19.1 Å². The molecule has 0 saturated carbocycles. The Kier molecular flexibility index (Phi) is 5.62. The lowest BCUT2D eigenvalue weighted by Crippen LogP contribution is -2.52. The standard InChI is InChI=1S/C18H20N2O6S/c1-10-15(17(21)20-6-7-26-9-12(20)18(22)23)27-16(19-10)11-4-5-13(24-2)14(8-11)25-3/h4-5,8,12H,6-7,9H2,1-3H3,(H,22,23)/t12-/m1/s1. The molecule has 1 amide bonds. The van der Waals surface area contributed by atoms with Crippen LogP contribution in [0.1, 0.15) is 15.4 Å². The van der Waals surface area contributed by atoms with Crippen molar-refractivity contribution in [3.8, 4) is 22.1 Å². The minimum Gasteiger partial charge on any atom is -0.493 e. The van der Waals surface area contributed by atoms with Gasteiger partial charge in [0.15, 0.2) is 17.5 Å². The summed E-state index contributed by atoms with van der Waals surface area (Å²) in [5, 5.41) is 10.0. The molecule has 2 heterocycles. The molecule has 9 heteroatoms. The lowest BCUT2D eigenvalue weighted by atomic mass is 10.2. The van der Waals surface area contributed by atoms with Crippen molar-refractivity contribution in [1.29, 1.82) is 0 Å². The maximum absolute atomic E-state index is 12.9. The molecule has 1 fully saturated rings. The first-order chi connectivity index (χ1) is 13.0. The van der Waals surface area contributed by atoms with Gasteiger partial charge in [-0.1, -0.05) is 0 Å². The number of carboxylic acid groups (broad SMARTS) is 1. The maximum atomic E-state index is 12.9. The highest BCUT2D eigenvalue weighted by molar-refractivity contribution is 7.17. The number of carboxylic acids is 1. The van der Waals surface area contributed by atoms with Gasteiger partial charge in [-0.05, 0) is 25.1 Å². The summed E-state index contributed by atoms with van der Waals surface area (Å²) in [6, 6.07) is 4.41. The zero-order valence-corrected chi connectivity index (χ0v) is 16.0. The molecule has 0 bridgehead atoms. The quantitative estimate of drug-likeness (QED) is 0.832. The van der Waals surface area contributed by atoms with Crippen LogP contribution < -0.4 is 9.47 Å². The monoisotopic (exact) mass is 392 g/mol. The number of aromatic nitrogens is 1. The zero-order valence-electron chi connectivity index (χ0n) is 15.2. The van der Waals surface area contributed by atoms with E-state index < -0.39 is 12.0 Å². The topological polar surface area (TPSA) is 98.2 Å². The number of hydrogen-bond donors (Lipinski definition) is 1. The fourth-order valence-electron chi connectivity index (χ4n) is 2.87. The summed E-state index contributed by atoms with van der Waals surface area (Å²) >= 11 is 1.23. The lowest BCUT2D eigenvalue weighted by molar-refractivity contribution is -0.147. The molecule has 1 saturated heterocycles. The number of amides is 1. The van der Waals surface area contributed by atoms with E-state index in [1.54, 1.807) is 33.3 Å². The summed E-state index contributed by atoms with van der Waals surface area (Å²) in [4.78, 5) is 30.6. The second kappa shape index (κ2) is 7.93. The number of rotatable bonds is 5. The van der Waals surface area contributed by atoms with E-state index >= 15 is 0 Å². The van der Waals surface area contributed by atoms with Crippen LogP contribution in [0.2, 0.25) is 0 Å². The van der Waals surface area contributed by atoms with E-state index in [1.165, 1.54) is 16.2 Å². The highest BCUT2D eigenvalue weighted by Crippen LogP contribution is 2.35. The van der Waals surface area contributed by atoms with Gasteiger partial charge in [-0.2, -0.15) is 0 Å². The molecule has 8 nitrogen and oxygen atoms in total. The fraction of sp³-hybridized carbons (Fsp3) is 0.389. The number of carbonyl (C=O) groups is 2. The number of aryl methyl sites for hydroxylation is 1. The van der Waals surface area contributed by atoms with Crippen molar-refractivity contribution < 1.29 is 28.9 Å². The highest BCUT2D eigenvalue weighted by Gasteiger charge is 2.35. The van der Waals surface area contributed by atoms with Crippen molar-refractivity contribution in [2.75, 3.05) is 34.0 Å². The SMILES string of the molecule is COc1ccc(-c2nc(C)c(C(=O)N3CCOC[C@@H]3C(=O)O)s2)cc1OC. The van der Waals surface area contributed by atoms with Crippen molar-refractivity contribution in [2.45, 2.75) is 13.0 Å². The van der Waals surface area contributed by atoms with Crippen LogP contribution in [0.25, 0.3) is 10.6 Å². The van der Waals surface area contributed by atoms with Gasteiger partial charge in [0.25, 0.3) is 5.91 Å². The number of hydrogen-bond acceptors (Lipinski definition) is 7. The lowest BCUT2D eigenvalue weighted by Gasteiger charge is -2.32. The van der Waals surface area contributed by atoms with Gasteiger partial charge in [0.05, 0.1) is 33.1 Å². The van der Waals surface area contributed by atoms with Crippen molar-refractivity contribution in [1.82, 2.24) is 9.88 Å². The number of benzene rings is 1. The Morgan fingerprint density at radius 3 is 2.70 bits per heavy atom. The molecular weight excluding hydrogens is 372 g/mol. The average Bonchev–Trinajstić information content (AvgIpc) is 3.08. The molecule has 1 aliphatic heterocycles. The highest BCUT2D eigenvalue weighted by atomic mass is 32.1. The summed E-state index contributed by atoms with van der Waals surface area (Å²) < 4.78 is 15.8. The predicted molar refractivity (Wildman–Crippen MR) is 98.7 cm³/mol. The molecule has 1 aromatic heterocycles. The Balaban J connectivity index is 1.92. The number of thiazole rings is 1. The average molecular weight is 392 g/mol. The summed E-state index contributed by atoms with van der Waals surface area (Å²) in [6.07, 6.45) is 0. The second-order valence-electron chi connectivity index (χ2n) is 5.93. The number of ether oxygens (including phenoxy) is 3. The molecule has 1 aromatic carbocycles. The predicted octanol–water partition coefficient (Wildman–Crippen LogP) is 2.06. The van der Waals surface area contributed by atoms with E-state index in [0.29, 0.717) is 33.7 Å². The largest absolute Gasteiger partial charge is 0.493 e. The molecule has 1 atom stereocenters. The van der Waals surface area contributed by atoms with Crippen LogP contribution in [-0.4, -0.2) is 66.9 Å². The fourth-order valence-corrected chi connectivity index (χ4v) is 3.89. The summed E-state index contributed by atoms with van der Waals surface area (Å²) in [7, 11) is 3.11. The first-order valence-electron chi connectivity index (χ1n) is 8.27. The van der Waals surface area contributed by atoms with E-state index in [1.807, 2.05) is 6.07 Å². The van der Waals surface area contributed by atoms with Crippen molar-refractivity contribution in [2.24, 2.45) is 0 Å². The van der Waals surface area contributed by atoms with Gasteiger partial charge in [0.1, 0.15) is 9.88 Å². The molecule has 0 radical (unpaired) electrons. The number of methoxy groups -OCH3 is 2. The summed E-state index contributed by atoms with van der Waals surface area (Å²) in [6.45, 7) is 2.28. The van der Waals surface area contributed by atoms with Crippen LogP contribution in [0.5, 0.6) is 11.5 Å². The Labute approximate surface area is 160 Å². The first kappa shape index (κ1) is 19.1. The summed E-state index contributed by atoms with van der Waals surface area (Å²) in [5.74, 6) is -0.254. The van der Waals surface area contributed by atoms with E-state index in [2.05, 4.69) is 4.98 Å². The van der Waals surface area contributed by atoms with E-state index in [0.717, 1.165) is 5.56 Å². The molecule has 0 unspecified atom stereocenters. The molecule has 1 aliphatic rings. The van der Waals surface area contributed by atoms with E-state index in [4.69, 9.17) is 14.2 Å². The molecule has 0 aliphatic carbocycles. The molecular formula is C18H20N2O6S. The third-order valence-corrected chi connectivity index (χ3v) is 5.49. The Morgan fingerprint density at radius 1 is 1.30 bits per heavy atom. The number of carbonyl (C=O) groups excluding carboxylic acids is 1. The zero-order chi connectivity index (χ0) is 19.6. The third-order valence-electron chi connectivity index (χ3n) is 4.30. The van der Waals surface area contributed by atoms with Gasteiger partial charge < -0.3 is 24.2 Å². The van der Waals surface area contributed by atoms with Gasteiger partial charge in [0, 0.05) is 12.1 Å². The van der Waals surface area contributed by atoms with Gasteiger partial charge in [-0.15, -0.1) is 11.3 Å².